The largest absolute Gasteiger partial charge is 0.490 e. The molecule has 2 unspecified atom stereocenters. The molecule has 0 radical (unpaired) electrons. The van der Waals surface area contributed by atoms with Crippen LogP contribution in [0.4, 0.5) is 5.69 Å². The van der Waals surface area contributed by atoms with E-state index >= 15 is 0 Å². The number of benzene rings is 2. The highest BCUT2D eigenvalue weighted by atomic mass is 16.5. The number of carboxylic acid groups (broad SMARTS) is 1. The maximum Gasteiger partial charge on any atom is 0.320 e. The summed E-state index contributed by atoms with van der Waals surface area (Å²) in [4.78, 5) is 16.1. The Morgan fingerprint density at radius 2 is 1.70 bits per heavy atom. The molecule has 6 nitrogen and oxygen atoms in total. The molecule has 2 aromatic carbocycles. The predicted molar refractivity (Wildman–Crippen MR) is 119 cm³/mol. The highest BCUT2D eigenvalue weighted by Gasteiger charge is 2.37. The minimum Gasteiger partial charge on any atom is -0.490 e. The number of rotatable bonds is 9. The van der Waals surface area contributed by atoms with Crippen molar-refractivity contribution < 1.29 is 19.4 Å². The van der Waals surface area contributed by atoms with Crippen LogP contribution in [0.1, 0.15) is 43.9 Å². The van der Waals surface area contributed by atoms with Gasteiger partial charge in [0.1, 0.15) is 6.04 Å². The van der Waals surface area contributed by atoms with Gasteiger partial charge < -0.3 is 19.5 Å². The summed E-state index contributed by atoms with van der Waals surface area (Å²) in [6.07, 6.45) is 1.54. The molecule has 1 aliphatic heterocycles. The third-order valence-corrected chi connectivity index (χ3v) is 5.52. The second-order valence-electron chi connectivity index (χ2n) is 7.69. The van der Waals surface area contributed by atoms with Crippen LogP contribution < -0.4 is 14.4 Å². The summed E-state index contributed by atoms with van der Waals surface area (Å²) in [5.74, 6) is 0.636. The molecule has 2 atom stereocenters. The molecule has 2 aromatic rings. The summed E-state index contributed by atoms with van der Waals surface area (Å²) in [6.45, 7) is 5.73. The maximum absolute atomic E-state index is 11.9. The van der Waals surface area contributed by atoms with Crippen LogP contribution in [0.5, 0.6) is 11.5 Å². The SMILES string of the molecule is CCOc1ccc(C(c2ccc(N(C)C)cc2)N2CCCC2C(=O)O)cc1OCC. The van der Waals surface area contributed by atoms with Gasteiger partial charge in [-0.3, -0.25) is 9.69 Å². The van der Waals surface area contributed by atoms with E-state index in [9.17, 15) is 9.90 Å². The Morgan fingerprint density at radius 3 is 2.30 bits per heavy atom. The van der Waals surface area contributed by atoms with Crippen molar-refractivity contribution >= 4 is 11.7 Å². The minimum absolute atomic E-state index is 0.167. The van der Waals surface area contributed by atoms with Gasteiger partial charge >= 0.3 is 5.97 Å². The fourth-order valence-electron chi connectivity index (χ4n) is 4.13. The molecule has 1 aliphatic rings. The first-order valence-corrected chi connectivity index (χ1v) is 10.6. The first-order chi connectivity index (χ1) is 14.5. The van der Waals surface area contributed by atoms with Gasteiger partial charge in [0.05, 0.1) is 19.3 Å². The first kappa shape index (κ1) is 22.0. The fraction of sp³-hybridized carbons (Fsp3) is 0.458. The highest BCUT2D eigenvalue weighted by molar-refractivity contribution is 5.74. The van der Waals surface area contributed by atoms with E-state index in [2.05, 4.69) is 34.1 Å². The van der Waals surface area contributed by atoms with Crippen molar-refractivity contribution in [2.45, 2.75) is 38.8 Å². The maximum atomic E-state index is 11.9. The molecule has 0 spiro atoms. The van der Waals surface area contributed by atoms with Crippen LogP contribution in [0.15, 0.2) is 42.5 Å². The van der Waals surface area contributed by atoms with Crippen molar-refractivity contribution in [3.63, 3.8) is 0 Å². The molecular formula is C24H32N2O4. The zero-order chi connectivity index (χ0) is 21.7. The lowest BCUT2D eigenvalue weighted by Crippen LogP contribution is -2.39. The molecule has 1 saturated heterocycles. The van der Waals surface area contributed by atoms with E-state index in [1.54, 1.807) is 0 Å². The van der Waals surface area contributed by atoms with E-state index in [0.717, 1.165) is 29.8 Å². The molecule has 1 fully saturated rings. The van der Waals surface area contributed by atoms with Crippen molar-refractivity contribution in [2.75, 3.05) is 38.8 Å². The van der Waals surface area contributed by atoms with Crippen LogP contribution in [-0.2, 0) is 4.79 Å². The summed E-state index contributed by atoms with van der Waals surface area (Å²) in [5.41, 5.74) is 3.18. The summed E-state index contributed by atoms with van der Waals surface area (Å²) in [6, 6.07) is 13.6. The van der Waals surface area contributed by atoms with Gasteiger partial charge in [-0.1, -0.05) is 18.2 Å². The van der Waals surface area contributed by atoms with Gasteiger partial charge in [0.15, 0.2) is 11.5 Å². The van der Waals surface area contributed by atoms with Crippen LogP contribution in [-0.4, -0.2) is 55.9 Å². The number of carboxylic acids is 1. The number of hydrogen-bond acceptors (Lipinski definition) is 5. The van der Waals surface area contributed by atoms with E-state index in [-0.39, 0.29) is 6.04 Å². The lowest BCUT2D eigenvalue weighted by atomic mass is 9.95. The Balaban J connectivity index is 2.07. The third kappa shape index (κ3) is 4.70. The summed E-state index contributed by atoms with van der Waals surface area (Å²) >= 11 is 0. The average molecular weight is 413 g/mol. The Hall–Kier alpha value is -2.73. The zero-order valence-corrected chi connectivity index (χ0v) is 18.3. The number of hydrogen-bond donors (Lipinski definition) is 1. The molecule has 0 aromatic heterocycles. The molecule has 1 heterocycles. The van der Waals surface area contributed by atoms with Gasteiger partial charge in [0.25, 0.3) is 0 Å². The summed E-state index contributed by atoms with van der Waals surface area (Å²) in [5, 5.41) is 9.80. The van der Waals surface area contributed by atoms with Crippen molar-refractivity contribution in [2.24, 2.45) is 0 Å². The van der Waals surface area contributed by atoms with Crippen molar-refractivity contribution in [1.82, 2.24) is 4.90 Å². The topological polar surface area (TPSA) is 62.2 Å². The van der Waals surface area contributed by atoms with E-state index < -0.39 is 12.0 Å². The van der Waals surface area contributed by atoms with Gasteiger partial charge in [0.2, 0.25) is 0 Å². The molecule has 3 rings (SSSR count). The molecule has 162 valence electrons. The number of likely N-dealkylation sites (tertiary alicyclic amines) is 1. The van der Waals surface area contributed by atoms with Crippen molar-refractivity contribution in [1.29, 1.82) is 0 Å². The minimum atomic E-state index is -0.765. The number of anilines is 1. The number of nitrogens with zero attached hydrogens (tertiary/aromatic N) is 2. The van der Waals surface area contributed by atoms with Gasteiger partial charge in [-0.15, -0.1) is 0 Å². The second kappa shape index (κ2) is 9.85. The second-order valence-corrected chi connectivity index (χ2v) is 7.69. The van der Waals surface area contributed by atoms with Gasteiger partial charge in [-0.25, -0.2) is 0 Å². The first-order valence-electron chi connectivity index (χ1n) is 10.6. The molecule has 0 bridgehead atoms. The van der Waals surface area contributed by atoms with E-state index in [0.29, 0.717) is 31.1 Å². The zero-order valence-electron chi connectivity index (χ0n) is 18.3. The molecule has 6 heteroatoms. The smallest absolute Gasteiger partial charge is 0.320 e. The van der Waals surface area contributed by atoms with E-state index in [4.69, 9.17) is 9.47 Å². The van der Waals surface area contributed by atoms with Crippen molar-refractivity contribution in [3.05, 3.63) is 53.6 Å². The number of carbonyl (C=O) groups is 1. The Bertz CT molecular complexity index is 851. The van der Waals surface area contributed by atoms with Gasteiger partial charge in [0, 0.05) is 26.3 Å². The van der Waals surface area contributed by atoms with Crippen LogP contribution in [0.2, 0.25) is 0 Å². The van der Waals surface area contributed by atoms with Gasteiger partial charge in [-0.05, 0) is 62.1 Å². The molecule has 0 amide bonds. The van der Waals surface area contributed by atoms with Crippen molar-refractivity contribution in [3.8, 4) is 11.5 Å². The van der Waals surface area contributed by atoms with Crippen LogP contribution >= 0.6 is 0 Å². The van der Waals surface area contributed by atoms with E-state index in [1.165, 1.54) is 0 Å². The van der Waals surface area contributed by atoms with E-state index in [1.807, 2.05) is 46.1 Å². The summed E-state index contributed by atoms with van der Waals surface area (Å²) < 4.78 is 11.6. The number of ether oxygens (including phenoxy) is 2. The molecule has 0 saturated carbocycles. The Morgan fingerprint density at radius 1 is 1.07 bits per heavy atom. The van der Waals surface area contributed by atoms with Crippen LogP contribution in [0.25, 0.3) is 0 Å². The number of aliphatic carboxylic acids is 1. The molecule has 30 heavy (non-hydrogen) atoms. The normalized spacial score (nSPS) is 17.5. The Labute approximate surface area is 179 Å². The predicted octanol–water partition coefficient (Wildman–Crippen LogP) is 4.19. The van der Waals surface area contributed by atoms with Crippen LogP contribution in [0, 0.1) is 0 Å². The standard InChI is InChI=1S/C24H32N2O4/c1-5-29-21-14-11-18(16-22(21)30-6-2)23(26-15-7-8-20(26)24(27)28)17-9-12-19(13-10-17)25(3)4/h9-14,16,20,23H,5-8,15H2,1-4H3,(H,27,28). The third-order valence-electron chi connectivity index (χ3n) is 5.52. The lowest BCUT2D eigenvalue weighted by Gasteiger charge is -2.32. The summed E-state index contributed by atoms with van der Waals surface area (Å²) in [7, 11) is 4.02. The van der Waals surface area contributed by atoms with Gasteiger partial charge in [-0.2, -0.15) is 0 Å². The lowest BCUT2D eigenvalue weighted by molar-refractivity contribution is -0.142. The van der Waals surface area contributed by atoms with Crippen LogP contribution in [0.3, 0.4) is 0 Å². The molecule has 1 N–H and O–H groups in total. The Kier molecular flexibility index (Phi) is 7.21. The fourth-order valence-corrected chi connectivity index (χ4v) is 4.13. The monoisotopic (exact) mass is 412 g/mol. The average Bonchev–Trinajstić information content (AvgIpc) is 3.20. The highest BCUT2D eigenvalue weighted by Crippen LogP contribution is 2.39. The quantitative estimate of drug-likeness (QED) is 0.666. The molecular weight excluding hydrogens is 380 g/mol. The molecule has 0 aliphatic carbocycles.